The lowest BCUT2D eigenvalue weighted by Crippen LogP contribution is -2.57. The summed E-state index contributed by atoms with van der Waals surface area (Å²) in [5.74, 6) is -4.62. The third-order valence-corrected chi connectivity index (χ3v) is 7.21. The SMILES string of the molecule is NCCCCC(NC(=O)C(Cc1c[nH]c2ccccc12)NC(=O)C(N)Cc1ccccc1)C(=O)NC(CCC(=O)O)C(=O)O. The van der Waals surface area contributed by atoms with E-state index in [0.717, 1.165) is 22.0 Å². The predicted molar refractivity (Wildman–Crippen MR) is 163 cm³/mol. The number of carbonyl (C=O) groups excluding carboxylic acids is 3. The van der Waals surface area contributed by atoms with Crippen LogP contribution in [-0.2, 0) is 36.8 Å². The fourth-order valence-electron chi connectivity index (χ4n) is 4.80. The van der Waals surface area contributed by atoms with Crippen molar-refractivity contribution in [3.8, 4) is 0 Å². The van der Waals surface area contributed by atoms with Crippen LogP contribution in [0, 0.1) is 0 Å². The van der Waals surface area contributed by atoms with Gasteiger partial charge in [0.15, 0.2) is 0 Å². The molecule has 4 atom stereocenters. The number of carboxylic acids is 2. The topological polar surface area (TPSA) is 230 Å². The lowest BCUT2D eigenvalue weighted by molar-refractivity contribution is -0.143. The number of carboxylic acid groups (broad SMARTS) is 2. The summed E-state index contributed by atoms with van der Waals surface area (Å²) < 4.78 is 0. The van der Waals surface area contributed by atoms with Crippen LogP contribution in [0.4, 0.5) is 0 Å². The Morgan fingerprint density at radius 2 is 1.39 bits per heavy atom. The first-order valence-corrected chi connectivity index (χ1v) is 14.5. The molecule has 236 valence electrons. The van der Waals surface area contributed by atoms with E-state index in [1.54, 1.807) is 6.20 Å². The molecule has 0 spiro atoms. The molecule has 2 aromatic carbocycles. The number of amides is 3. The second-order valence-electron chi connectivity index (χ2n) is 10.6. The molecule has 44 heavy (non-hydrogen) atoms. The van der Waals surface area contributed by atoms with Gasteiger partial charge in [-0.1, -0.05) is 48.5 Å². The van der Waals surface area contributed by atoms with Crippen molar-refractivity contribution in [3.05, 3.63) is 71.9 Å². The number of para-hydroxylation sites is 1. The van der Waals surface area contributed by atoms with Crippen molar-refractivity contribution in [2.45, 2.75) is 69.1 Å². The van der Waals surface area contributed by atoms with Gasteiger partial charge in [-0.05, 0) is 55.8 Å². The van der Waals surface area contributed by atoms with Gasteiger partial charge in [-0.3, -0.25) is 19.2 Å². The molecule has 10 N–H and O–H groups in total. The van der Waals surface area contributed by atoms with Crippen molar-refractivity contribution in [3.63, 3.8) is 0 Å². The van der Waals surface area contributed by atoms with Gasteiger partial charge in [0.1, 0.15) is 18.1 Å². The van der Waals surface area contributed by atoms with E-state index in [2.05, 4.69) is 20.9 Å². The highest BCUT2D eigenvalue weighted by Gasteiger charge is 2.31. The van der Waals surface area contributed by atoms with Gasteiger partial charge in [0.2, 0.25) is 17.7 Å². The molecule has 13 heteroatoms. The molecule has 3 aromatic rings. The van der Waals surface area contributed by atoms with Gasteiger partial charge in [-0.25, -0.2) is 4.79 Å². The van der Waals surface area contributed by atoms with E-state index in [4.69, 9.17) is 16.6 Å². The van der Waals surface area contributed by atoms with Gasteiger partial charge in [0, 0.05) is 29.9 Å². The number of aliphatic carboxylic acids is 2. The minimum Gasteiger partial charge on any atom is -0.481 e. The van der Waals surface area contributed by atoms with E-state index in [-0.39, 0.29) is 25.7 Å². The Balaban J connectivity index is 1.82. The lowest BCUT2D eigenvalue weighted by Gasteiger charge is -2.25. The number of unbranched alkanes of at least 4 members (excludes halogenated alkanes) is 1. The molecule has 0 aliphatic carbocycles. The molecule has 0 saturated heterocycles. The molecule has 0 aliphatic rings. The summed E-state index contributed by atoms with van der Waals surface area (Å²) in [6, 6.07) is 12.0. The minimum atomic E-state index is -1.47. The van der Waals surface area contributed by atoms with Gasteiger partial charge in [0.25, 0.3) is 0 Å². The molecule has 0 fully saturated rings. The number of benzene rings is 2. The van der Waals surface area contributed by atoms with Gasteiger partial charge < -0.3 is 42.6 Å². The Hall–Kier alpha value is -4.75. The zero-order valence-electron chi connectivity index (χ0n) is 24.3. The van der Waals surface area contributed by atoms with Gasteiger partial charge in [-0.15, -0.1) is 0 Å². The highest BCUT2D eigenvalue weighted by molar-refractivity contribution is 5.95. The number of carbonyl (C=O) groups is 5. The van der Waals surface area contributed by atoms with E-state index >= 15 is 0 Å². The van der Waals surface area contributed by atoms with Crippen LogP contribution < -0.4 is 27.4 Å². The molecule has 0 saturated carbocycles. The Morgan fingerprint density at radius 1 is 0.750 bits per heavy atom. The van der Waals surface area contributed by atoms with Crippen LogP contribution >= 0.6 is 0 Å². The normalized spacial score (nSPS) is 13.8. The molecule has 1 aromatic heterocycles. The molecule has 0 bridgehead atoms. The number of aromatic nitrogens is 1. The van der Waals surface area contributed by atoms with Crippen molar-refractivity contribution in [1.29, 1.82) is 0 Å². The number of hydrogen-bond acceptors (Lipinski definition) is 7. The van der Waals surface area contributed by atoms with E-state index in [9.17, 15) is 29.1 Å². The summed E-state index contributed by atoms with van der Waals surface area (Å²) in [5.41, 5.74) is 14.2. The molecule has 13 nitrogen and oxygen atoms in total. The highest BCUT2D eigenvalue weighted by Crippen LogP contribution is 2.19. The Kier molecular flexibility index (Phi) is 12.9. The molecule has 1 heterocycles. The number of rotatable bonds is 18. The van der Waals surface area contributed by atoms with E-state index in [1.807, 2.05) is 54.6 Å². The maximum atomic E-state index is 13.7. The van der Waals surface area contributed by atoms with Crippen molar-refractivity contribution >= 4 is 40.6 Å². The monoisotopic (exact) mass is 608 g/mol. The molecule has 0 radical (unpaired) electrons. The fourth-order valence-corrected chi connectivity index (χ4v) is 4.80. The summed E-state index contributed by atoms with van der Waals surface area (Å²) in [6.45, 7) is 0.344. The third kappa shape index (κ3) is 10.2. The molecular weight excluding hydrogens is 568 g/mol. The second-order valence-corrected chi connectivity index (χ2v) is 10.6. The largest absolute Gasteiger partial charge is 0.481 e. The van der Waals surface area contributed by atoms with Crippen molar-refractivity contribution < 1.29 is 34.2 Å². The van der Waals surface area contributed by atoms with Crippen LogP contribution in [0.3, 0.4) is 0 Å². The standard InChI is InChI=1S/C31H40N6O7/c32-15-7-6-12-24(29(41)36-25(31(43)44)13-14-27(38)39)35-30(42)26(17-20-18-34-23-11-5-4-10-21(20)23)37-28(40)22(33)16-19-8-2-1-3-9-19/h1-5,8-11,18,22,24-26,34H,6-7,12-17,32-33H2,(H,35,42)(H,36,41)(H,37,40)(H,38,39)(H,43,44). The Bertz CT molecular complexity index is 1430. The van der Waals surface area contributed by atoms with Crippen molar-refractivity contribution in [1.82, 2.24) is 20.9 Å². The number of aromatic amines is 1. The number of H-pyrrole nitrogens is 1. The number of fused-ring (bicyclic) bond motifs is 1. The van der Waals surface area contributed by atoms with E-state index in [1.165, 1.54) is 0 Å². The molecule has 4 unspecified atom stereocenters. The lowest BCUT2D eigenvalue weighted by atomic mass is 10.0. The summed E-state index contributed by atoms with van der Waals surface area (Å²) in [4.78, 5) is 65.9. The van der Waals surface area contributed by atoms with Crippen LogP contribution in [0.25, 0.3) is 10.9 Å². The highest BCUT2D eigenvalue weighted by atomic mass is 16.4. The van der Waals surface area contributed by atoms with Crippen LogP contribution in [0.15, 0.2) is 60.8 Å². The molecule has 3 amide bonds. The Morgan fingerprint density at radius 3 is 2.07 bits per heavy atom. The van der Waals surface area contributed by atoms with E-state index < -0.39 is 60.2 Å². The van der Waals surface area contributed by atoms with Gasteiger partial charge >= 0.3 is 11.9 Å². The molecule has 3 rings (SSSR count). The first-order chi connectivity index (χ1) is 21.1. The summed E-state index contributed by atoms with van der Waals surface area (Å²) in [6.07, 6.45) is 2.39. The smallest absolute Gasteiger partial charge is 0.326 e. The average Bonchev–Trinajstić information content (AvgIpc) is 3.41. The quantitative estimate of drug-likeness (QED) is 0.0954. The first-order valence-electron chi connectivity index (χ1n) is 14.5. The number of nitrogens with one attached hydrogen (secondary N) is 4. The van der Waals surface area contributed by atoms with Crippen LogP contribution in [-0.4, -0.2) is 75.6 Å². The van der Waals surface area contributed by atoms with E-state index in [0.29, 0.717) is 19.4 Å². The summed E-state index contributed by atoms with van der Waals surface area (Å²) in [5, 5.41) is 27.1. The Labute approximate surface area is 254 Å². The number of hydrogen-bond donors (Lipinski definition) is 8. The van der Waals surface area contributed by atoms with Gasteiger partial charge in [0.05, 0.1) is 6.04 Å². The maximum absolute atomic E-state index is 13.7. The van der Waals surface area contributed by atoms with Crippen LogP contribution in [0.5, 0.6) is 0 Å². The fraction of sp³-hybridized carbons (Fsp3) is 0.387. The summed E-state index contributed by atoms with van der Waals surface area (Å²) >= 11 is 0. The van der Waals surface area contributed by atoms with Gasteiger partial charge in [-0.2, -0.15) is 0 Å². The average molecular weight is 609 g/mol. The zero-order valence-corrected chi connectivity index (χ0v) is 24.3. The zero-order chi connectivity index (χ0) is 32.1. The summed E-state index contributed by atoms with van der Waals surface area (Å²) in [7, 11) is 0. The minimum absolute atomic E-state index is 0.0765. The molecular formula is C31H40N6O7. The number of nitrogens with two attached hydrogens (primary N) is 2. The van der Waals surface area contributed by atoms with Crippen LogP contribution in [0.2, 0.25) is 0 Å². The predicted octanol–water partition coefficient (Wildman–Crippen LogP) is 0.813. The third-order valence-electron chi connectivity index (χ3n) is 7.21. The molecule has 0 aliphatic heterocycles. The van der Waals surface area contributed by atoms with Crippen molar-refractivity contribution in [2.75, 3.05) is 6.54 Å². The van der Waals surface area contributed by atoms with Crippen molar-refractivity contribution in [2.24, 2.45) is 11.5 Å². The first kappa shape index (κ1) is 33.7. The second kappa shape index (κ2) is 16.8. The maximum Gasteiger partial charge on any atom is 0.326 e. The van der Waals surface area contributed by atoms with Crippen LogP contribution in [0.1, 0.15) is 43.2 Å².